The van der Waals surface area contributed by atoms with E-state index in [4.69, 9.17) is 23.2 Å². The first kappa shape index (κ1) is 16.7. The molecule has 0 radical (unpaired) electrons. The van der Waals surface area contributed by atoms with Gasteiger partial charge in [0.2, 0.25) is 0 Å². The topological polar surface area (TPSA) is 41.1 Å². The molecule has 22 heavy (non-hydrogen) atoms. The number of benzene rings is 2. The lowest BCUT2D eigenvalue weighted by molar-refractivity contribution is 0.262. The Morgan fingerprint density at radius 3 is 2.14 bits per heavy atom. The number of aryl methyl sites for hydroxylation is 2. The molecular formula is C17H18Cl2N2O. The lowest BCUT2D eigenvalue weighted by Crippen LogP contribution is -2.21. The molecule has 0 atom stereocenters. The molecule has 0 unspecified atom stereocenters. The maximum atomic E-state index is 12.3. The number of halogens is 2. The Labute approximate surface area is 140 Å². The molecule has 0 bridgehead atoms. The molecule has 0 saturated carbocycles. The van der Waals surface area contributed by atoms with Crippen LogP contribution in [0, 0.1) is 0 Å². The van der Waals surface area contributed by atoms with Gasteiger partial charge in [0, 0.05) is 5.69 Å². The Morgan fingerprint density at radius 2 is 1.55 bits per heavy atom. The summed E-state index contributed by atoms with van der Waals surface area (Å²) in [4.78, 5) is 12.3. The summed E-state index contributed by atoms with van der Waals surface area (Å²) >= 11 is 12.0. The van der Waals surface area contributed by atoms with Gasteiger partial charge in [-0.1, -0.05) is 61.3 Å². The van der Waals surface area contributed by atoms with E-state index in [1.165, 1.54) is 0 Å². The van der Waals surface area contributed by atoms with Crippen LogP contribution in [0.5, 0.6) is 0 Å². The molecular weight excluding hydrogens is 319 g/mol. The summed E-state index contributed by atoms with van der Waals surface area (Å²) in [7, 11) is 0. The van der Waals surface area contributed by atoms with Crippen molar-refractivity contribution >= 4 is 40.6 Å². The van der Waals surface area contributed by atoms with Crippen LogP contribution in [-0.2, 0) is 12.8 Å². The zero-order valence-electron chi connectivity index (χ0n) is 12.5. The number of hydrogen-bond acceptors (Lipinski definition) is 1. The average Bonchev–Trinajstić information content (AvgIpc) is 2.52. The quantitative estimate of drug-likeness (QED) is 0.731. The van der Waals surface area contributed by atoms with E-state index < -0.39 is 0 Å². The lowest BCUT2D eigenvalue weighted by Gasteiger charge is -2.15. The van der Waals surface area contributed by atoms with Gasteiger partial charge in [-0.3, -0.25) is 0 Å². The van der Waals surface area contributed by atoms with Gasteiger partial charge in [-0.2, -0.15) is 0 Å². The van der Waals surface area contributed by atoms with Gasteiger partial charge in [0.05, 0.1) is 15.7 Å². The molecule has 0 aliphatic heterocycles. The second kappa shape index (κ2) is 7.52. The van der Waals surface area contributed by atoms with Crippen molar-refractivity contribution in [3.05, 3.63) is 57.6 Å². The van der Waals surface area contributed by atoms with Crippen molar-refractivity contribution in [2.24, 2.45) is 0 Å². The maximum absolute atomic E-state index is 12.3. The van der Waals surface area contributed by atoms with Crippen molar-refractivity contribution in [2.45, 2.75) is 26.7 Å². The molecule has 116 valence electrons. The minimum atomic E-state index is -0.334. The molecule has 2 rings (SSSR count). The molecule has 0 heterocycles. The number of para-hydroxylation sites is 1. The standard InChI is InChI=1S/C17H18Cl2N2O/c1-3-11-7-5-8-12(4-2)16(11)21-17(22)20-14-10-6-9-13(18)15(14)19/h5-10H,3-4H2,1-2H3,(H2,20,21,22). The van der Waals surface area contributed by atoms with Crippen molar-refractivity contribution in [3.8, 4) is 0 Å². The molecule has 3 nitrogen and oxygen atoms in total. The Kier molecular flexibility index (Phi) is 5.69. The SMILES string of the molecule is CCc1cccc(CC)c1NC(=O)Nc1cccc(Cl)c1Cl. The third kappa shape index (κ3) is 3.73. The summed E-state index contributed by atoms with van der Waals surface area (Å²) in [5, 5.41) is 6.40. The molecule has 5 heteroatoms. The molecule has 0 aromatic heterocycles. The van der Waals surface area contributed by atoms with Crippen LogP contribution in [0.2, 0.25) is 10.0 Å². The number of rotatable bonds is 4. The molecule has 0 saturated heterocycles. The second-order valence-electron chi connectivity index (χ2n) is 4.84. The summed E-state index contributed by atoms with van der Waals surface area (Å²) in [6, 6.07) is 10.8. The molecule has 0 spiro atoms. The van der Waals surface area contributed by atoms with Gasteiger partial charge in [-0.15, -0.1) is 0 Å². The summed E-state index contributed by atoms with van der Waals surface area (Å²) < 4.78 is 0. The van der Waals surface area contributed by atoms with Gasteiger partial charge in [0.25, 0.3) is 0 Å². The predicted octanol–water partition coefficient (Wildman–Crippen LogP) is 5.76. The van der Waals surface area contributed by atoms with E-state index in [0.29, 0.717) is 15.7 Å². The van der Waals surface area contributed by atoms with Crippen molar-refractivity contribution in [1.82, 2.24) is 0 Å². The fourth-order valence-electron chi connectivity index (χ4n) is 2.27. The summed E-state index contributed by atoms with van der Waals surface area (Å²) in [5.74, 6) is 0. The van der Waals surface area contributed by atoms with Gasteiger partial charge in [-0.25, -0.2) is 4.79 Å². The molecule has 0 aliphatic rings. The Hall–Kier alpha value is -1.71. The Bertz CT molecular complexity index is 664. The molecule has 0 aliphatic carbocycles. The number of carbonyl (C=O) groups is 1. The van der Waals surface area contributed by atoms with Crippen molar-refractivity contribution < 1.29 is 4.79 Å². The highest BCUT2D eigenvalue weighted by atomic mass is 35.5. The number of anilines is 2. The van der Waals surface area contributed by atoms with Crippen molar-refractivity contribution in [1.29, 1.82) is 0 Å². The summed E-state index contributed by atoms with van der Waals surface area (Å²) in [6.07, 6.45) is 1.70. The molecule has 2 N–H and O–H groups in total. The van der Waals surface area contributed by atoms with Gasteiger partial charge < -0.3 is 10.6 Å². The largest absolute Gasteiger partial charge is 0.323 e. The average molecular weight is 337 g/mol. The van der Waals surface area contributed by atoms with Crippen molar-refractivity contribution in [2.75, 3.05) is 10.6 Å². The first-order valence-corrected chi connectivity index (χ1v) is 7.95. The van der Waals surface area contributed by atoms with Crippen LogP contribution in [0.25, 0.3) is 0 Å². The first-order chi connectivity index (χ1) is 10.6. The van der Waals surface area contributed by atoms with Gasteiger partial charge in [0.1, 0.15) is 0 Å². The third-order valence-electron chi connectivity index (χ3n) is 3.44. The Balaban J connectivity index is 2.21. The van der Waals surface area contributed by atoms with Crippen LogP contribution >= 0.6 is 23.2 Å². The van der Waals surface area contributed by atoms with Gasteiger partial charge in [-0.05, 0) is 36.1 Å². The highest BCUT2D eigenvalue weighted by molar-refractivity contribution is 6.44. The fourth-order valence-corrected chi connectivity index (χ4v) is 2.62. The zero-order valence-corrected chi connectivity index (χ0v) is 14.1. The normalized spacial score (nSPS) is 10.4. The van der Waals surface area contributed by atoms with E-state index in [1.54, 1.807) is 18.2 Å². The van der Waals surface area contributed by atoms with E-state index in [1.807, 2.05) is 18.2 Å². The van der Waals surface area contributed by atoms with E-state index in [2.05, 4.69) is 24.5 Å². The molecule has 2 aromatic carbocycles. The maximum Gasteiger partial charge on any atom is 0.323 e. The molecule has 0 fully saturated rings. The smallest absolute Gasteiger partial charge is 0.307 e. The van der Waals surface area contributed by atoms with Gasteiger partial charge >= 0.3 is 6.03 Å². The van der Waals surface area contributed by atoms with Crippen LogP contribution < -0.4 is 10.6 Å². The Morgan fingerprint density at radius 1 is 0.955 bits per heavy atom. The number of nitrogens with one attached hydrogen (secondary N) is 2. The zero-order chi connectivity index (χ0) is 16.1. The summed E-state index contributed by atoms with van der Waals surface area (Å²) in [5.41, 5.74) is 3.56. The third-order valence-corrected chi connectivity index (χ3v) is 4.26. The highest BCUT2D eigenvalue weighted by Crippen LogP contribution is 2.30. The molecule has 2 amide bonds. The van der Waals surface area contributed by atoms with Crippen LogP contribution in [0.3, 0.4) is 0 Å². The van der Waals surface area contributed by atoms with E-state index in [9.17, 15) is 4.79 Å². The monoisotopic (exact) mass is 336 g/mol. The molecule has 2 aromatic rings. The van der Waals surface area contributed by atoms with Crippen LogP contribution in [-0.4, -0.2) is 6.03 Å². The van der Waals surface area contributed by atoms with E-state index in [0.717, 1.165) is 29.7 Å². The lowest BCUT2D eigenvalue weighted by atomic mass is 10.0. The van der Waals surface area contributed by atoms with E-state index in [-0.39, 0.29) is 6.03 Å². The minimum absolute atomic E-state index is 0.332. The number of hydrogen-bond donors (Lipinski definition) is 2. The number of carbonyl (C=O) groups excluding carboxylic acids is 1. The van der Waals surface area contributed by atoms with Crippen molar-refractivity contribution in [3.63, 3.8) is 0 Å². The number of amides is 2. The van der Waals surface area contributed by atoms with Crippen LogP contribution in [0.4, 0.5) is 16.2 Å². The highest BCUT2D eigenvalue weighted by Gasteiger charge is 2.12. The van der Waals surface area contributed by atoms with Crippen LogP contribution in [0.1, 0.15) is 25.0 Å². The number of urea groups is 1. The predicted molar refractivity (Wildman–Crippen MR) is 94.3 cm³/mol. The second-order valence-corrected chi connectivity index (χ2v) is 5.62. The minimum Gasteiger partial charge on any atom is -0.307 e. The summed E-state index contributed by atoms with van der Waals surface area (Å²) in [6.45, 7) is 4.12. The fraction of sp³-hybridized carbons (Fsp3) is 0.235. The first-order valence-electron chi connectivity index (χ1n) is 7.19. The van der Waals surface area contributed by atoms with Crippen LogP contribution in [0.15, 0.2) is 36.4 Å². The van der Waals surface area contributed by atoms with E-state index >= 15 is 0 Å². The van der Waals surface area contributed by atoms with Gasteiger partial charge in [0.15, 0.2) is 0 Å².